The second-order valence-electron chi connectivity index (χ2n) is 5.94. The maximum atomic E-state index is 12.3. The van der Waals surface area contributed by atoms with Crippen LogP contribution in [0.25, 0.3) is 0 Å². The van der Waals surface area contributed by atoms with Crippen LogP contribution in [0.1, 0.15) is 18.1 Å². The number of carbonyl (C=O) groups excluding carboxylic acids is 1. The number of halogens is 1. The highest BCUT2D eigenvalue weighted by Crippen LogP contribution is 2.22. The van der Waals surface area contributed by atoms with Gasteiger partial charge in [0.15, 0.2) is 0 Å². The molecule has 2 aliphatic rings. The highest BCUT2D eigenvalue weighted by Gasteiger charge is 2.23. The first-order valence-corrected chi connectivity index (χ1v) is 9.14. The molecule has 1 atom stereocenters. The molecule has 0 radical (unpaired) electrons. The third-order valence-corrected chi connectivity index (χ3v) is 5.54. The minimum Gasteiger partial charge on any atom is -0.372 e. The van der Waals surface area contributed by atoms with Gasteiger partial charge in [-0.3, -0.25) is 4.79 Å². The Morgan fingerprint density at radius 2 is 2.12 bits per heavy atom. The molecule has 1 unspecified atom stereocenters. The summed E-state index contributed by atoms with van der Waals surface area (Å²) in [6, 6.07) is 5.15. The number of nitrogens with zero attached hydrogens (tertiary/aromatic N) is 1. The predicted octanol–water partition coefficient (Wildman–Crippen LogP) is 0.237. The molecule has 2 N–H and O–H groups in total. The van der Waals surface area contributed by atoms with Crippen LogP contribution in [0, 0.1) is 0 Å². The number of rotatable bonds is 4. The van der Waals surface area contributed by atoms with E-state index in [1.165, 1.54) is 0 Å². The lowest BCUT2D eigenvalue weighted by Gasteiger charge is -2.31. The van der Waals surface area contributed by atoms with Crippen LogP contribution in [0.5, 0.6) is 0 Å². The van der Waals surface area contributed by atoms with E-state index < -0.39 is 10.0 Å². The van der Waals surface area contributed by atoms with Gasteiger partial charge < -0.3 is 15.0 Å². The molecule has 1 aromatic rings. The fourth-order valence-corrected chi connectivity index (χ4v) is 3.85. The van der Waals surface area contributed by atoms with Crippen molar-refractivity contribution in [1.82, 2.24) is 14.9 Å². The summed E-state index contributed by atoms with van der Waals surface area (Å²) in [6.07, 6.45) is 0. The van der Waals surface area contributed by atoms with Crippen molar-refractivity contribution in [2.24, 2.45) is 0 Å². The van der Waals surface area contributed by atoms with Gasteiger partial charge in [-0.1, -0.05) is 6.07 Å². The first kappa shape index (κ1) is 19.1. The fraction of sp³-hybridized carbons (Fsp3) is 0.533. The van der Waals surface area contributed by atoms with Crippen molar-refractivity contribution in [2.45, 2.75) is 31.1 Å². The molecule has 0 saturated carbocycles. The smallest absolute Gasteiger partial charge is 0.241 e. The van der Waals surface area contributed by atoms with Gasteiger partial charge in [-0.05, 0) is 30.2 Å². The van der Waals surface area contributed by atoms with E-state index in [9.17, 15) is 13.2 Å². The molecule has 134 valence electrons. The highest BCUT2D eigenvalue weighted by molar-refractivity contribution is 7.89. The Hall–Kier alpha value is -1.19. The molecule has 0 aliphatic carbocycles. The maximum Gasteiger partial charge on any atom is 0.241 e. The van der Waals surface area contributed by atoms with Gasteiger partial charge in [0.2, 0.25) is 15.9 Å². The molecule has 7 nitrogen and oxygen atoms in total. The van der Waals surface area contributed by atoms with Crippen molar-refractivity contribution in [2.75, 3.05) is 26.2 Å². The van der Waals surface area contributed by atoms with E-state index in [-0.39, 0.29) is 35.8 Å². The normalized spacial score (nSPS) is 20.4. The molecule has 24 heavy (non-hydrogen) atoms. The van der Waals surface area contributed by atoms with E-state index in [0.717, 1.165) is 17.7 Å². The summed E-state index contributed by atoms with van der Waals surface area (Å²) >= 11 is 0. The number of hydrogen-bond donors (Lipinski definition) is 2. The molecule has 0 aromatic heterocycles. The zero-order valence-corrected chi connectivity index (χ0v) is 15.1. The highest BCUT2D eigenvalue weighted by atomic mass is 35.5. The summed E-state index contributed by atoms with van der Waals surface area (Å²) in [5.41, 5.74) is 1.89. The van der Waals surface area contributed by atoms with Crippen LogP contribution in [0.3, 0.4) is 0 Å². The Labute approximate surface area is 148 Å². The standard InChI is InChI=1S/C15H21N3O4S.ClH/c1-11-8-18(5-4-16-11)15(19)7-17-23(20,21)14-3-2-12-9-22-10-13(12)6-14;/h2-3,6,11,16-17H,4-5,7-10H2,1H3;1H. The third kappa shape index (κ3) is 4.25. The van der Waals surface area contributed by atoms with Crippen LogP contribution in [-0.4, -0.2) is 51.4 Å². The van der Waals surface area contributed by atoms with Gasteiger partial charge in [-0.25, -0.2) is 13.1 Å². The monoisotopic (exact) mass is 375 g/mol. The van der Waals surface area contributed by atoms with Crippen LogP contribution in [-0.2, 0) is 32.8 Å². The summed E-state index contributed by atoms with van der Waals surface area (Å²) in [7, 11) is -3.70. The van der Waals surface area contributed by atoms with Gasteiger partial charge in [0.05, 0.1) is 24.7 Å². The molecular weight excluding hydrogens is 354 g/mol. The van der Waals surface area contributed by atoms with Crippen LogP contribution >= 0.6 is 12.4 Å². The van der Waals surface area contributed by atoms with Crippen LogP contribution in [0.15, 0.2) is 23.1 Å². The summed E-state index contributed by atoms with van der Waals surface area (Å²) in [6.45, 7) is 4.64. The number of hydrogen-bond acceptors (Lipinski definition) is 5. The maximum absolute atomic E-state index is 12.3. The number of carbonyl (C=O) groups is 1. The second-order valence-corrected chi connectivity index (χ2v) is 7.71. The van der Waals surface area contributed by atoms with E-state index in [2.05, 4.69) is 10.0 Å². The zero-order valence-electron chi connectivity index (χ0n) is 13.4. The third-order valence-electron chi connectivity index (χ3n) is 4.14. The lowest BCUT2D eigenvalue weighted by atomic mass is 10.1. The summed E-state index contributed by atoms with van der Waals surface area (Å²) in [5.74, 6) is -0.202. The van der Waals surface area contributed by atoms with Gasteiger partial charge in [-0.15, -0.1) is 12.4 Å². The number of piperazine rings is 1. The minimum absolute atomic E-state index is 0. The topological polar surface area (TPSA) is 87.7 Å². The number of amides is 1. The number of sulfonamides is 1. The fourth-order valence-electron chi connectivity index (χ4n) is 2.83. The number of benzene rings is 1. The average molecular weight is 376 g/mol. The Balaban J connectivity index is 0.00000208. The molecule has 9 heteroatoms. The zero-order chi connectivity index (χ0) is 16.4. The van der Waals surface area contributed by atoms with Crippen molar-refractivity contribution in [1.29, 1.82) is 0 Å². The van der Waals surface area contributed by atoms with Crippen molar-refractivity contribution in [3.05, 3.63) is 29.3 Å². The Morgan fingerprint density at radius 1 is 1.38 bits per heavy atom. The molecule has 1 saturated heterocycles. The Morgan fingerprint density at radius 3 is 2.88 bits per heavy atom. The average Bonchev–Trinajstić information content (AvgIpc) is 3.00. The predicted molar refractivity (Wildman–Crippen MR) is 91.4 cm³/mol. The van der Waals surface area contributed by atoms with E-state index >= 15 is 0 Å². The quantitative estimate of drug-likeness (QED) is 0.787. The van der Waals surface area contributed by atoms with E-state index in [4.69, 9.17) is 4.74 Å². The van der Waals surface area contributed by atoms with E-state index in [0.29, 0.717) is 26.3 Å². The minimum atomic E-state index is -3.70. The van der Waals surface area contributed by atoms with Gasteiger partial charge in [0.1, 0.15) is 0 Å². The summed E-state index contributed by atoms with van der Waals surface area (Å²) in [5, 5.41) is 3.24. The largest absolute Gasteiger partial charge is 0.372 e. The Kier molecular flexibility index (Phi) is 6.22. The molecule has 2 aliphatic heterocycles. The van der Waals surface area contributed by atoms with E-state index in [1.807, 2.05) is 6.92 Å². The molecule has 2 heterocycles. The van der Waals surface area contributed by atoms with Crippen molar-refractivity contribution < 1.29 is 17.9 Å². The SMILES string of the molecule is CC1CN(C(=O)CNS(=O)(=O)c2ccc3c(c2)COC3)CCN1.Cl. The lowest BCUT2D eigenvalue weighted by Crippen LogP contribution is -2.53. The number of nitrogens with one attached hydrogen (secondary N) is 2. The van der Waals surface area contributed by atoms with Crippen molar-refractivity contribution >= 4 is 28.3 Å². The van der Waals surface area contributed by atoms with Gasteiger partial charge in [0.25, 0.3) is 0 Å². The molecule has 1 aromatic carbocycles. The first-order chi connectivity index (χ1) is 11.0. The van der Waals surface area contributed by atoms with Gasteiger partial charge in [0, 0.05) is 25.7 Å². The van der Waals surface area contributed by atoms with Crippen LogP contribution in [0.4, 0.5) is 0 Å². The first-order valence-electron chi connectivity index (χ1n) is 7.66. The molecule has 1 fully saturated rings. The molecule has 3 rings (SSSR count). The number of fused-ring (bicyclic) bond motifs is 1. The van der Waals surface area contributed by atoms with Crippen molar-refractivity contribution in [3.63, 3.8) is 0 Å². The molecule has 0 spiro atoms. The molecule has 0 bridgehead atoms. The lowest BCUT2D eigenvalue weighted by molar-refractivity contribution is -0.131. The van der Waals surface area contributed by atoms with Crippen molar-refractivity contribution in [3.8, 4) is 0 Å². The molecule has 1 amide bonds. The Bertz CT molecular complexity index is 711. The summed E-state index contributed by atoms with van der Waals surface area (Å²) < 4.78 is 32.4. The van der Waals surface area contributed by atoms with E-state index in [1.54, 1.807) is 23.1 Å². The summed E-state index contributed by atoms with van der Waals surface area (Å²) in [4.78, 5) is 14.0. The van der Waals surface area contributed by atoms with Crippen LogP contribution < -0.4 is 10.0 Å². The number of ether oxygens (including phenoxy) is 1. The van der Waals surface area contributed by atoms with Crippen LogP contribution in [0.2, 0.25) is 0 Å². The molecular formula is C15H22ClN3O4S. The second kappa shape index (κ2) is 7.79. The van der Waals surface area contributed by atoms with Gasteiger partial charge >= 0.3 is 0 Å². The van der Waals surface area contributed by atoms with Gasteiger partial charge in [-0.2, -0.15) is 0 Å².